The van der Waals surface area contributed by atoms with Crippen molar-refractivity contribution in [3.63, 3.8) is 0 Å². The van der Waals surface area contributed by atoms with Gasteiger partial charge in [-0.05, 0) is 16.4 Å². The van der Waals surface area contributed by atoms with Crippen molar-refractivity contribution < 1.29 is 14.0 Å². The van der Waals surface area contributed by atoms with Gasteiger partial charge in [-0.15, -0.1) is 0 Å². The van der Waals surface area contributed by atoms with Crippen molar-refractivity contribution in [1.82, 2.24) is 0 Å². The van der Waals surface area contributed by atoms with Crippen molar-refractivity contribution in [3.05, 3.63) is 53.0 Å². The minimum absolute atomic E-state index is 0.0827. The van der Waals surface area contributed by atoms with Crippen LogP contribution in [-0.2, 0) is 12.8 Å². The van der Waals surface area contributed by atoms with Gasteiger partial charge in [-0.1, -0.05) is 58.0 Å². The van der Waals surface area contributed by atoms with Gasteiger partial charge >= 0.3 is 11.5 Å². The molecule has 0 fully saturated rings. The zero-order chi connectivity index (χ0) is 18.7. The van der Waals surface area contributed by atoms with Gasteiger partial charge in [0.25, 0.3) is 0 Å². The molecule has 0 atom stereocenters. The molecule has 1 heterocycles. The van der Waals surface area contributed by atoms with Crippen LogP contribution >= 0.6 is 0 Å². The van der Waals surface area contributed by atoms with E-state index >= 15 is 0 Å². The van der Waals surface area contributed by atoms with Crippen molar-refractivity contribution >= 4 is 11.6 Å². The lowest BCUT2D eigenvalue weighted by Crippen LogP contribution is -2.32. The summed E-state index contributed by atoms with van der Waals surface area (Å²) in [6.07, 6.45) is 2.40. The Kier molecular flexibility index (Phi) is 3.69. The Bertz CT molecular complexity index is 866. The maximum absolute atomic E-state index is 13.0. The van der Waals surface area contributed by atoms with Gasteiger partial charge in [-0.3, -0.25) is 9.59 Å². The quantitative estimate of drug-likeness (QED) is 0.635. The Balaban J connectivity index is 2.06. The summed E-state index contributed by atoms with van der Waals surface area (Å²) < 4.78 is 6.25. The maximum Gasteiger partial charge on any atom is 0.341 e. The van der Waals surface area contributed by atoms with E-state index in [1.54, 1.807) is 0 Å². The van der Waals surface area contributed by atoms with Gasteiger partial charge in [-0.25, -0.2) is 4.42 Å². The largest absolute Gasteiger partial charge is 0.341 e. The van der Waals surface area contributed by atoms with E-state index in [1.165, 1.54) is 0 Å². The number of ketones is 2. The van der Waals surface area contributed by atoms with Crippen LogP contribution in [-0.4, -0.2) is 11.6 Å². The van der Waals surface area contributed by atoms with E-state index < -0.39 is 0 Å². The third-order valence-electron chi connectivity index (χ3n) is 5.48. The number of benzene rings is 1. The monoisotopic (exact) mass is 349 g/mol. The van der Waals surface area contributed by atoms with E-state index in [1.807, 2.05) is 30.3 Å². The molecule has 1 aromatic carbocycles. The predicted molar refractivity (Wildman–Crippen MR) is 101 cm³/mol. The Hall–Kier alpha value is -2.29. The fourth-order valence-electron chi connectivity index (χ4n) is 4.43. The van der Waals surface area contributed by atoms with Gasteiger partial charge in [0.2, 0.25) is 0 Å². The van der Waals surface area contributed by atoms with Crippen molar-refractivity contribution in [2.24, 2.45) is 10.8 Å². The summed E-state index contributed by atoms with van der Waals surface area (Å²) in [6.45, 7) is 8.39. The Labute approximate surface area is 154 Å². The molecule has 0 amide bonds. The SMILES string of the molecule is CC1(C)CC(=O)c2c([o+]c3c(c2-c2ccccc2)C(=O)CC(C)(C)C3)C1. The highest BCUT2D eigenvalue weighted by atomic mass is 16.3. The Morgan fingerprint density at radius 3 is 1.62 bits per heavy atom. The molecule has 1 aromatic heterocycles. The Morgan fingerprint density at radius 1 is 0.692 bits per heavy atom. The van der Waals surface area contributed by atoms with E-state index in [9.17, 15) is 9.59 Å². The van der Waals surface area contributed by atoms with E-state index in [2.05, 4.69) is 27.7 Å². The molecule has 3 nitrogen and oxygen atoms in total. The van der Waals surface area contributed by atoms with E-state index in [0.717, 1.165) is 35.5 Å². The van der Waals surface area contributed by atoms with Gasteiger partial charge in [0.15, 0.2) is 11.6 Å². The van der Waals surface area contributed by atoms with E-state index in [0.29, 0.717) is 24.0 Å². The average Bonchev–Trinajstić information content (AvgIpc) is 2.51. The van der Waals surface area contributed by atoms with Crippen molar-refractivity contribution in [3.8, 4) is 11.1 Å². The predicted octanol–water partition coefficient (Wildman–Crippen LogP) is 5.54. The summed E-state index contributed by atoms with van der Waals surface area (Å²) in [6, 6.07) is 9.82. The van der Waals surface area contributed by atoms with Gasteiger partial charge < -0.3 is 0 Å². The molecule has 0 aliphatic heterocycles. The van der Waals surface area contributed by atoms with Gasteiger partial charge in [0.1, 0.15) is 11.1 Å². The fraction of sp³-hybridized carbons (Fsp3) is 0.435. The van der Waals surface area contributed by atoms with Crippen LogP contribution in [0.4, 0.5) is 0 Å². The molecular weight excluding hydrogens is 324 g/mol. The second kappa shape index (κ2) is 5.60. The van der Waals surface area contributed by atoms with Crippen LogP contribution in [0.2, 0.25) is 0 Å². The highest BCUT2D eigenvalue weighted by molar-refractivity contribution is 6.12. The number of hydrogen-bond donors (Lipinski definition) is 0. The normalized spacial score (nSPS) is 20.5. The molecule has 26 heavy (non-hydrogen) atoms. The molecule has 0 N–H and O–H groups in total. The molecule has 0 saturated carbocycles. The number of carbonyl (C=O) groups excluding carboxylic acids is 2. The molecule has 4 rings (SSSR count). The highest BCUT2D eigenvalue weighted by Crippen LogP contribution is 2.46. The van der Waals surface area contributed by atoms with Crippen LogP contribution in [0.5, 0.6) is 0 Å². The molecule has 2 aromatic rings. The van der Waals surface area contributed by atoms with Crippen LogP contribution in [0.15, 0.2) is 34.7 Å². The summed E-state index contributed by atoms with van der Waals surface area (Å²) in [4.78, 5) is 26.1. The van der Waals surface area contributed by atoms with Crippen LogP contribution in [0.3, 0.4) is 0 Å². The summed E-state index contributed by atoms with van der Waals surface area (Å²) >= 11 is 0. The Morgan fingerprint density at radius 2 is 1.15 bits per heavy atom. The molecule has 0 spiro atoms. The van der Waals surface area contributed by atoms with Gasteiger partial charge in [0, 0.05) is 18.4 Å². The molecule has 0 saturated heterocycles. The lowest BCUT2D eigenvalue weighted by Gasteiger charge is -2.30. The number of fused-ring (bicyclic) bond motifs is 2. The smallest absolute Gasteiger partial charge is 0.294 e. The molecule has 2 aliphatic carbocycles. The fourth-order valence-corrected chi connectivity index (χ4v) is 4.43. The molecule has 3 heteroatoms. The zero-order valence-corrected chi connectivity index (χ0v) is 15.9. The summed E-state index contributed by atoms with van der Waals surface area (Å²) in [7, 11) is 0. The minimum Gasteiger partial charge on any atom is -0.294 e. The number of hydrogen-bond acceptors (Lipinski definition) is 2. The lowest BCUT2D eigenvalue weighted by atomic mass is 9.70. The van der Waals surface area contributed by atoms with Crippen molar-refractivity contribution in [2.45, 2.75) is 53.4 Å². The number of Topliss-reactive ketones (excluding diaryl/α,β-unsaturated/α-hetero) is 2. The molecule has 0 bridgehead atoms. The van der Waals surface area contributed by atoms with Crippen molar-refractivity contribution in [2.75, 3.05) is 0 Å². The molecule has 134 valence electrons. The van der Waals surface area contributed by atoms with Crippen LogP contribution in [0.25, 0.3) is 11.1 Å². The first kappa shape index (κ1) is 17.1. The number of carbonyl (C=O) groups is 2. The third kappa shape index (κ3) is 2.80. The van der Waals surface area contributed by atoms with E-state index in [-0.39, 0.29) is 22.4 Å². The summed E-state index contributed by atoms with van der Waals surface area (Å²) in [5, 5.41) is 0. The zero-order valence-electron chi connectivity index (χ0n) is 15.9. The third-order valence-corrected chi connectivity index (χ3v) is 5.48. The molecule has 2 aliphatic rings. The summed E-state index contributed by atoms with van der Waals surface area (Å²) in [5.41, 5.74) is 2.73. The maximum atomic E-state index is 13.0. The minimum atomic E-state index is -0.121. The highest BCUT2D eigenvalue weighted by Gasteiger charge is 2.47. The molecular formula is C23H25O3+. The average molecular weight is 349 g/mol. The second-order valence-electron chi connectivity index (χ2n) is 9.32. The van der Waals surface area contributed by atoms with Gasteiger partial charge in [0.05, 0.1) is 12.8 Å². The van der Waals surface area contributed by atoms with Crippen LogP contribution in [0, 0.1) is 10.8 Å². The number of rotatable bonds is 1. The van der Waals surface area contributed by atoms with Crippen LogP contribution in [0.1, 0.15) is 72.8 Å². The van der Waals surface area contributed by atoms with Crippen LogP contribution < -0.4 is 0 Å². The van der Waals surface area contributed by atoms with Gasteiger partial charge in [-0.2, -0.15) is 0 Å². The first-order chi connectivity index (χ1) is 12.2. The molecule has 0 unspecified atom stereocenters. The standard InChI is InChI=1S/C23H25O3/c1-22(2)10-15(24)20-17(12-22)26-18-13-23(3,4)11-16(25)21(18)19(20)14-8-6-5-7-9-14/h5-9H,10-13H2,1-4H3/q+1. The lowest BCUT2D eigenvalue weighted by molar-refractivity contribution is 0.0882. The first-order valence-electron chi connectivity index (χ1n) is 9.31. The van der Waals surface area contributed by atoms with E-state index in [4.69, 9.17) is 4.42 Å². The first-order valence-corrected chi connectivity index (χ1v) is 9.31. The van der Waals surface area contributed by atoms with Crippen molar-refractivity contribution in [1.29, 1.82) is 0 Å². The summed E-state index contributed by atoms with van der Waals surface area (Å²) in [5.74, 6) is 1.65. The topological polar surface area (TPSA) is 45.4 Å². The molecule has 0 radical (unpaired) electrons. The second-order valence-corrected chi connectivity index (χ2v) is 9.32.